The number of hydrogen-bond donors (Lipinski definition) is 1. The van der Waals surface area contributed by atoms with Crippen LogP contribution in [0, 0.1) is 0 Å². The Hall–Kier alpha value is -2.40. The summed E-state index contributed by atoms with van der Waals surface area (Å²) in [6.07, 6.45) is 0. The van der Waals surface area contributed by atoms with Gasteiger partial charge in [0.25, 0.3) is 0 Å². The van der Waals surface area contributed by atoms with Gasteiger partial charge >= 0.3 is 0 Å². The lowest BCUT2D eigenvalue weighted by atomic mass is 10.2. The number of para-hydroxylation sites is 2. The molecule has 4 aromatic rings. The first-order chi connectivity index (χ1) is 13.5. The number of aromatic amines is 1. The average molecular weight is 434 g/mol. The normalized spacial score (nSPS) is 11.0. The molecule has 0 aliphatic heterocycles. The van der Waals surface area contributed by atoms with E-state index in [0.29, 0.717) is 32.1 Å². The second kappa shape index (κ2) is 7.92. The van der Waals surface area contributed by atoms with Crippen LogP contribution in [0.2, 0.25) is 15.1 Å². The fourth-order valence-electron chi connectivity index (χ4n) is 2.88. The number of halogens is 3. The lowest BCUT2D eigenvalue weighted by molar-refractivity contribution is 0.285. The maximum atomic E-state index is 6.23. The number of rotatable bonds is 5. The van der Waals surface area contributed by atoms with Crippen molar-refractivity contribution in [2.75, 3.05) is 7.11 Å². The van der Waals surface area contributed by atoms with E-state index < -0.39 is 0 Å². The number of methoxy groups -OCH3 is 1. The van der Waals surface area contributed by atoms with Gasteiger partial charge in [0.1, 0.15) is 12.4 Å². The minimum atomic E-state index is 0.190. The Morgan fingerprint density at radius 3 is 2.39 bits per heavy atom. The maximum absolute atomic E-state index is 6.23. The molecule has 0 unspecified atom stereocenters. The van der Waals surface area contributed by atoms with Gasteiger partial charge in [0.15, 0.2) is 11.5 Å². The highest BCUT2D eigenvalue weighted by Gasteiger charge is 2.13. The minimum absolute atomic E-state index is 0.190. The van der Waals surface area contributed by atoms with Crippen molar-refractivity contribution >= 4 is 45.8 Å². The summed E-state index contributed by atoms with van der Waals surface area (Å²) in [6.45, 7) is 0.190. The molecule has 0 atom stereocenters. The predicted molar refractivity (Wildman–Crippen MR) is 114 cm³/mol. The average Bonchev–Trinajstić information content (AvgIpc) is 3.11. The van der Waals surface area contributed by atoms with Crippen LogP contribution in [0.15, 0.2) is 54.6 Å². The molecule has 28 heavy (non-hydrogen) atoms. The van der Waals surface area contributed by atoms with Crippen LogP contribution in [0.1, 0.15) is 5.56 Å². The van der Waals surface area contributed by atoms with Crippen LogP contribution < -0.4 is 9.47 Å². The topological polar surface area (TPSA) is 47.1 Å². The highest BCUT2D eigenvalue weighted by molar-refractivity contribution is 6.39. The molecule has 0 aliphatic carbocycles. The van der Waals surface area contributed by atoms with Crippen LogP contribution in [0.5, 0.6) is 11.5 Å². The summed E-state index contributed by atoms with van der Waals surface area (Å²) in [7, 11) is 1.59. The molecule has 7 heteroatoms. The lowest BCUT2D eigenvalue weighted by Gasteiger charge is -2.13. The molecule has 0 spiro atoms. The van der Waals surface area contributed by atoms with Crippen molar-refractivity contribution in [3.05, 3.63) is 75.2 Å². The zero-order chi connectivity index (χ0) is 19.7. The summed E-state index contributed by atoms with van der Waals surface area (Å²) < 4.78 is 11.4. The number of hydrogen-bond acceptors (Lipinski definition) is 3. The van der Waals surface area contributed by atoms with Crippen LogP contribution >= 0.6 is 34.8 Å². The summed E-state index contributed by atoms with van der Waals surface area (Å²) in [5.41, 5.74) is 3.44. The van der Waals surface area contributed by atoms with Gasteiger partial charge < -0.3 is 14.5 Å². The molecule has 0 amide bonds. The van der Waals surface area contributed by atoms with Gasteiger partial charge in [-0.2, -0.15) is 0 Å². The number of H-pyrrole nitrogens is 1. The quantitative estimate of drug-likeness (QED) is 0.377. The molecule has 4 nitrogen and oxygen atoms in total. The van der Waals surface area contributed by atoms with Crippen molar-refractivity contribution in [3.63, 3.8) is 0 Å². The van der Waals surface area contributed by atoms with Crippen molar-refractivity contribution < 1.29 is 9.47 Å². The largest absolute Gasteiger partial charge is 0.493 e. The summed E-state index contributed by atoms with van der Waals surface area (Å²) in [4.78, 5) is 7.92. The third-order valence-electron chi connectivity index (χ3n) is 4.30. The smallest absolute Gasteiger partial charge is 0.161 e. The molecule has 142 valence electrons. The number of nitrogens with one attached hydrogen (secondary N) is 1. The van der Waals surface area contributed by atoms with Gasteiger partial charge in [0.05, 0.1) is 28.2 Å². The standard InChI is InChI=1S/C21H15Cl3N2O2/c1-27-20-8-12(21-25-17-4-2-3-5-18(17)26-21)6-7-19(20)28-11-14-15(23)9-13(22)10-16(14)24/h2-10H,11H2,1H3,(H,25,26). The van der Waals surface area contributed by atoms with Gasteiger partial charge in [-0.25, -0.2) is 4.98 Å². The Labute approximate surface area is 177 Å². The monoisotopic (exact) mass is 432 g/mol. The molecule has 0 bridgehead atoms. The van der Waals surface area contributed by atoms with E-state index in [1.54, 1.807) is 19.2 Å². The Bertz CT molecular complexity index is 1100. The Kier molecular flexibility index (Phi) is 5.36. The van der Waals surface area contributed by atoms with Gasteiger partial charge in [-0.1, -0.05) is 46.9 Å². The highest BCUT2D eigenvalue weighted by Crippen LogP contribution is 2.35. The number of aromatic nitrogens is 2. The first-order valence-electron chi connectivity index (χ1n) is 8.44. The number of ether oxygens (including phenoxy) is 2. The molecule has 0 aliphatic rings. The Balaban J connectivity index is 1.61. The van der Waals surface area contributed by atoms with Crippen LogP contribution in [0.25, 0.3) is 22.4 Å². The number of nitrogens with zero attached hydrogens (tertiary/aromatic N) is 1. The molecule has 1 aromatic heterocycles. The third-order valence-corrected chi connectivity index (χ3v) is 5.20. The van der Waals surface area contributed by atoms with E-state index in [2.05, 4.69) is 9.97 Å². The van der Waals surface area contributed by atoms with Crippen molar-refractivity contribution in [1.82, 2.24) is 9.97 Å². The van der Waals surface area contributed by atoms with E-state index >= 15 is 0 Å². The van der Waals surface area contributed by atoms with E-state index in [1.165, 1.54) is 0 Å². The molecule has 1 heterocycles. The van der Waals surface area contributed by atoms with Crippen molar-refractivity contribution in [2.45, 2.75) is 6.61 Å². The summed E-state index contributed by atoms with van der Waals surface area (Å²) in [6, 6.07) is 16.8. The molecular formula is C21H15Cl3N2O2. The van der Waals surface area contributed by atoms with E-state index in [-0.39, 0.29) is 6.61 Å². The molecule has 0 radical (unpaired) electrons. The third kappa shape index (κ3) is 3.76. The Morgan fingerprint density at radius 1 is 0.929 bits per heavy atom. The van der Waals surface area contributed by atoms with Crippen LogP contribution in [-0.2, 0) is 6.61 Å². The first-order valence-corrected chi connectivity index (χ1v) is 9.58. The van der Waals surface area contributed by atoms with Gasteiger partial charge in [0, 0.05) is 16.1 Å². The summed E-state index contributed by atoms with van der Waals surface area (Å²) in [5.74, 6) is 1.92. The second-order valence-electron chi connectivity index (χ2n) is 6.10. The lowest BCUT2D eigenvalue weighted by Crippen LogP contribution is -2.00. The number of benzene rings is 3. The molecule has 0 saturated heterocycles. The molecular weight excluding hydrogens is 419 g/mol. The Morgan fingerprint density at radius 2 is 1.68 bits per heavy atom. The number of imidazole rings is 1. The number of fused-ring (bicyclic) bond motifs is 1. The van der Waals surface area contributed by atoms with Gasteiger partial charge in [-0.05, 0) is 42.5 Å². The molecule has 0 saturated carbocycles. The van der Waals surface area contributed by atoms with Crippen molar-refractivity contribution in [1.29, 1.82) is 0 Å². The summed E-state index contributed by atoms with van der Waals surface area (Å²) >= 11 is 18.4. The predicted octanol–water partition coefficient (Wildman–Crippen LogP) is 6.78. The SMILES string of the molecule is COc1cc(-c2nc3ccccc3[nH]2)ccc1OCc1c(Cl)cc(Cl)cc1Cl. The zero-order valence-electron chi connectivity index (χ0n) is 14.8. The molecule has 3 aromatic carbocycles. The maximum Gasteiger partial charge on any atom is 0.161 e. The fourth-order valence-corrected chi connectivity index (χ4v) is 3.81. The second-order valence-corrected chi connectivity index (χ2v) is 7.36. The van der Waals surface area contributed by atoms with Crippen molar-refractivity contribution in [2.24, 2.45) is 0 Å². The fraction of sp³-hybridized carbons (Fsp3) is 0.0952. The minimum Gasteiger partial charge on any atom is -0.493 e. The van der Waals surface area contributed by atoms with E-state index in [4.69, 9.17) is 44.3 Å². The van der Waals surface area contributed by atoms with Crippen LogP contribution in [0.3, 0.4) is 0 Å². The van der Waals surface area contributed by atoms with Gasteiger partial charge in [-0.3, -0.25) is 0 Å². The molecule has 1 N–H and O–H groups in total. The molecule has 4 rings (SSSR count). The van der Waals surface area contributed by atoms with E-state index in [0.717, 1.165) is 22.4 Å². The van der Waals surface area contributed by atoms with E-state index in [1.807, 2.05) is 42.5 Å². The molecule has 0 fully saturated rings. The van der Waals surface area contributed by atoms with Crippen LogP contribution in [-0.4, -0.2) is 17.1 Å². The zero-order valence-corrected chi connectivity index (χ0v) is 17.1. The van der Waals surface area contributed by atoms with Gasteiger partial charge in [0.2, 0.25) is 0 Å². The first kappa shape index (κ1) is 18.9. The summed E-state index contributed by atoms with van der Waals surface area (Å²) in [5, 5.41) is 1.39. The van der Waals surface area contributed by atoms with Crippen molar-refractivity contribution in [3.8, 4) is 22.9 Å². The van der Waals surface area contributed by atoms with E-state index in [9.17, 15) is 0 Å². The highest BCUT2D eigenvalue weighted by atomic mass is 35.5. The van der Waals surface area contributed by atoms with Gasteiger partial charge in [-0.15, -0.1) is 0 Å². The van der Waals surface area contributed by atoms with Crippen LogP contribution in [0.4, 0.5) is 0 Å².